The Kier molecular flexibility index (Phi) is 4.10. The third-order valence-electron chi connectivity index (χ3n) is 4.12. The number of aromatic nitrogens is 2. The third kappa shape index (κ3) is 2.62. The van der Waals surface area contributed by atoms with Crippen LogP contribution in [0.4, 0.5) is 5.82 Å². The molecule has 0 aliphatic carbocycles. The second kappa shape index (κ2) is 6.01. The van der Waals surface area contributed by atoms with Crippen LogP contribution in [-0.2, 0) is 13.2 Å². The number of aliphatic hydroxyl groups excluding tert-OH is 1. The Hall–Kier alpha value is -1.63. The van der Waals surface area contributed by atoms with Gasteiger partial charge in [-0.2, -0.15) is 0 Å². The molecule has 0 radical (unpaired) electrons. The molecule has 0 spiro atoms. The lowest BCUT2D eigenvalue weighted by Gasteiger charge is -2.34. The largest absolute Gasteiger partial charge is 0.390 e. The molecular formula is C15H23N5O. The highest BCUT2D eigenvalue weighted by molar-refractivity contribution is 5.55. The summed E-state index contributed by atoms with van der Waals surface area (Å²) in [6.45, 7) is 4.79. The van der Waals surface area contributed by atoms with Crippen LogP contribution in [0.1, 0.15) is 11.4 Å². The molecule has 1 fully saturated rings. The Morgan fingerprint density at radius 3 is 2.67 bits per heavy atom. The molecule has 0 amide bonds. The number of fused-ring (bicyclic) bond motifs is 1. The predicted octanol–water partition coefficient (Wildman–Crippen LogP) is 0.298. The average Bonchev–Trinajstić information content (AvgIpc) is 2.85. The maximum absolute atomic E-state index is 9.78. The van der Waals surface area contributed by atoms with Crippen molar-refractivity contribution in [1.29, 1.82) is 0 Å². The van der Waals surface area contributed by atoms with Crippen LogP contribution in [0.15, 0.2) is 18.2 Å². The monoisotopic (exact) mass is 289 g/mol. The zero-order valence-electron chi connectivity index (χ0n) is 12.7. The number of aliphatic hydroxyl groups is 1. The maximum Gasteiger partial charge on any atom is 0.138 e. The third-order valence-corrected chi connectivity index (χ3v) is 4.12. The van der Waals surface area contributed by atoms with E-state index in [0.717, 1.165) is 49.0 Å². The number of anilines is 1. The summed E-state index contributed by atoms with van der Waals surface area (Å²) in [6.07, 6.45) is 0. The summed E-state index contributed by atoms with van der Waals surface area (Å²) in [7, 11) is 4.05. The van der Waals surface area contributed by atoms with Gasteiger partial charge in [-0.25, -0.2) is 4.98 Å². The Bertz CT molecular complexity index is 616. The Morgan fingerprint density at radius 2 is 2.00 bits per heavy atom. The van der Waals surface area contributed by atoms with Gasteiger partial charge in [-0.1, -0.05) is 6.07 Å². The van der Waals surface area contributed by atoms with Gasteiger partial charge in [0.05, 0.1) is 18.0 Å². The van der Waals surface area contributed by atoms with Crippen molar-refractivity contribution in [3.63, 3.8) is 0 Å². The number of hydrogen-bond donors (Lipinski definition) is 2. The number of hydrogen-bond acceptors (Lipinski definition) is 5. The molecule has 3 rings (SSSR count). The van der Waals surface area contributed by atoms with E-state index in [9.17, 15) is 5.11 Å². The minimum Gasteiger partial charge on any atom is -0.390 e. The maximum atomic E-state index is 9.78. The Balaban J connectivity index is 2.05. The second-order valence-corrected chi connectivity index (χ2v) is 5.56. The lowest BCUT2D eigenvalue weighted by atomic mass is 10.3. The number of piperazine rings is 1. The van der Waals surface area contributed by atoms with E-state index in [1.54, 1.807) is 0 Å². The topological polar surface area (TPSA) is 56.0 Å². The molecule has 0 saturated carbocycles. The lowest BCUT2D eigenvalue weighted by molar-refractivity contribution is 0.273. The van der Waals surface area contributed by atoms with Crippen molar-refractivity contribution >= 4 is 11.5 Å². The molecule has 6 heteroatoms. The summed E-state index contributed by atoms with van der Waals surface area (Å²) in [5.41, 5.74) is 2.70. The summed E-state index contributed by atoms with van der Waals surface area (Å²) < 4.78 is 2.10. The lowest BCUT2D eigenvalue weighted by Crippen LogP contribution is -2.45. The Morgan fingerprint density at radius 1 is 1.24 bits per heavy atom. The van der Waals surface area contributed by atoms with Crippen molar-refractivity contribution in [3.8, 4) is 0 Å². The van der Waals surface area contributed by atoms with Crippen LogP contribution in [0.25, 0.3) is 5.65 Å². The van der Waals surface area contributed by atoms with E-state index in [0.29, 0.717) is 6.54 Å². The van der Waals surface area contributed by atoms with Gasteiger partial charge in [-0.3, -0.25) is 4.40 Å². The zero-order chi connectivity index (χ0) is 14.8. The first-order chi connectivity index (χ1) is 10.2. The van der Waals surface area contributed by atoms with Gasteiger partial charge in [0.2, 0.25) is 0 Å². The first kappa shape index (κ1) is 14.3. The smallest absolute Gasteiger partial charge is 0.138 e. The molecule has 1 aliphatic rings. The average molecular weight is 289 g/mol. The first-order valence-electron chi connectivity index (χ1n) is 7.42. The van der Waals surface area contributed by atoms with Gasteiger partial charge in [0.1, 0.15) is 11.5 Å². The van der Waals surface area contributed by atoms with Crippen molar-refractivity contribution in [1.82, 2.24) is 19.6 Å². The van der Waals surface area contributed by atoms with Gasteiger partial charge in [0, 0.05) is 32.7 Å². The van der Waals surface area contributed by atoms with Crippen LogP contribution in [0.3, 0.4) is 0 Å². The zero-order valence-corrected chi connectivity index (χ0v) is 12.7. The molecule has 6 nitrogen and oxygen atoms in total. The minimum atomic E-state index is 0.00291. The molecule has 2 N–H and O–H groups in total. The second-order valence-electron chi connectivity index (χ2n) is 5.56. The van der Waals surface area contributed by atoms with E-state index in [1.807, 2.05) is 19.2 Å². The molecule has 0 aromatic carbocycles. The molecular weight excluding hydrogens is 266 g/mol. The Labute approximate surface area is 125 Å². The fourth-order valence-corrected chi connectivity index (χ4v) is 2.94. The van der Waals surface area contributed by atoms with Crippen LogP contribution in [0.5, 0.6) is 0 Å². The molecule has 0 unspecified atom stereocenters. The van der Waals surface area contributed by atoms with Crippen LogP contribution >= 0.6 is 0 Å². The summed E-state index contributed by atoms with van der Waals surface area (Å²) in [5, 5.41) is 12.9. The van der Waals surface area contributed by atoms with E-state index in [1.165, 1.54) is 0 Å². The van der Waals surface area contributed by atoms with Gasteiger partial charge in [-0.05, 0) is 26.2 Å². The number of likely N-dealkylation sites (N-methyl/N-ethyl adjacent to an activating group) is 1. The van der Waals surface area contributed by atoms with Crippen molar-refractivity contribution in [2.24, 2.45) is 0 Å². The van der Waals surface area contributed by atoms with Crippen molar-refractivity contribution in [2.45, 2.75) is 13.2 Å². The molecule has 0 atom stereocenters. The van der Waals surface area contributed by atoms with E-state index in [4.69, 9.17) is 0 Å². The summed E-state index contributed by atoms with van der Waals surface area (Å²) >= 11 is 0. The number of nitrogens with one attached hydrogen (secondary N) is 1. The van der Waals surface area contributed by atoms with Gasteiger partial charge in [0.15, 0.2) is 0 Å². The fraction of sp³-hybridized carbons (Fsp3) is 0.533. The van der Waals surface area contributed by atoms with Gasteiger partial charge in [0.25, 0.3) is 0 Å². The standard InChI is InChI=1S/C15H23N5O/c1-16-10-12-13(11-21)20-14(17-12)4-3-5-15(20)19-8-6-18(2)7-9-19/h3-5,16,21H,6-11H2,1-2H3. The van der Waals surface area contributed by atoms with Crippen LogP contribution in [0.2, 0.25) is 0 Å². The molecule has 0 bridgehead atoms. The normalized spacial score (nSPS) is 16.8. The molecule has 1 aliphatic heterocycles. The van der Waals surface area contributed by atoms with Gasteiger partial charge >= 0.3 is 0 Å². The fourth-order valence-electron chi connectivity index (χ4n) is 2.94. The summed E-state index contributed by atoms with van der Waals surface area (Å²) in [4.78, 5) is 9.36. The van der Waals surface area contributed by atoms with Crippen molar-refractivity contribution in [2.75, 3.05) is 45.2 Å². The number of nitrogens with zero attached hydrogens (tertiary/aromatic N) is 4. The van der Waals surface area contributed by atoms with Crippen molar-refractivity contribution in [3.05, 3.63) is 29.6 Å². The first-order valence-corrected chi connectivity index (χ1v) is 7.42. The molecule has 1 saturated heterocycles. The number of imidazole rings is 1. The predicted molar refractivity (Wildman–Crippen MR) is 83.6 cm³/mol. The van der Waals surface area contributed by atoms with E-state index < -0.39 is 0 Å². The van der Waals surface area contributed by atoms with E-state index in [2.05, 4.69) is 37.6 Å². The van der Waals surface area contributed by atoms with Crippen molar-refractivity contribution < 1.29 is 5.11 Å². The van der Waals surface area contributed by atoms with Crippen LogP contribution in [-0.4, -0.2) is 59.7 Å². The number of rotatable bonds is 4. The molecule has 2 aromatic rings. The molecule has 2 aromatic heterocycles. The van der Waals surface area contributed by atoms with Gasteiger partial charge in [-0.15, -0.1) is 0 Å². The van der Waals surface area contributed by atoms with Gasteiger partial charge < -0.3 is 20.2 Å². The minimum absolute atomic E-state index is 0.00291. The van der Waals surface area contributed by atoms with Crippen LogP contribution < -0.4 is 10.2 Å². The molecule has 3 heterocycles. The number of pyridine rings is 1. The summed E-state index contributed by atoms with van der Waals surface area (Å²) in [5.74, 6) is 1.12. The molecule has 114 valence electrons. The van der Waals surface area contributed by atoms with Crippen LogP contribution in [0, 0.1) is 0 Å². The van der Waals surface area contributed by atoms with E-state index in [-0.39, 0.29) is 6.61 Å². The summed E-state index contributed by atoms with van der Waals surface area (Å²) in [6, 6.07) is 6.15. The SMILES string of the molecule is CNCc1nc2cccc(N3CCN(C)CC3)n2c1CO. The van der Waals surface area contributed by atoms with E-state index >= 15 is 0 Å². The highest BCUT2D eigenvalue weighted by Gasteiger charge is 2.19. The highest BCUT2D eigenvalue weighted by Crippen LogP contribution is 2.23. The quantitative estimate of drug-likeness (QED) is 0.848. The highest BCUT2D eigenvalue weighted by atomic mass is 16.3. The molecule has 21 heavy (non-hydrogen) atoms.